The fourth-order valence-electron chi connectivity index (χ4n) is 1.93. The average molecular weight is 374 g/mol. The topological polar surface area (TPSA) is 54.9 Å². The lowest BCUT2D eigenvalue weighted by Gasteiger charge is -2.13. The fourth-order valence-corrected chi connectivity index (χ4v) is 4.48. The molecule has 0 aliphatic heterocycles. The van der Waals surface area contributed by atoms with E-state index in [1.165, 1.54) is 23.1 Å². The third-order valence-electron chi connectivity index (χ3n) is 3.10. The van der Waals surface area contributed by atoms with Crippen LogP contribution in [0, 0.1) is 0 Å². The minimum atomic E-state index is -0.243. The quantitative estimate of drug-likeness (QED) is 0.629. The molecule has 3 rings (SSSR count). The summed E-state index contributed by atoms with van der Waals surface area (Å²) in [5.41, 5.74) is 2.49. The van der Waals surface area contributed by atoms with Crippen molar-refractivity contribution < 1.29 is 4.79 Å². The molecule has 1 atom stereocenters. The van der Waals surface area contributed by atoms with Crippen LogP contribution in [0.5, 0.6) is 0 Å². The fraction of sp³-hybridized carbons (Fsp3) is 0.118. The van der Waals surface area contributed by atoms with Crippen molar-refractivity contribution in [2.24, 2.45) is 0 Å². The summed E-state index contributed by atoms with van der Waals surface area (Å²) in [6.07, 6.45) is 0. The Balaban J connectivity index is 1.69. The predicted octanol–water partition coefficient (Wildman–Crippen LogP) is 4.81. The minimum Gasteiger partial charge on any atom is -0.324 e. The number of anilines is 1. The predicted molar refractivity (Wildman–Crippen MR) is 101 cm³/mol. The molecule has 0 bridgehead atoms. The number of aromatic nitrogens is 2. The molecule has 0 aliphatic carbocycles. The van der Waals surface area contributed by atoms with Crippen LogP contribution in [0.4, 0.5) is 5.69 Å². The highest BCUT2D eigenvalue weighted by Gasteiger charge is 2.17. The van der Waals surface area contributed by atoms with Gasteiger partial charge < -0.3 is 5.32 Å². The van der Waals surface area contributed by atoms with Crippen LogP contribution in [0.1, 0.15) is 6.92 Å². The summed E-state index contributed by atoms with van der Waals surface area (Å²) in [6.45, 7) is 1.87. The van der Waals surface area contributed by atoms with E-state index in [0.29, 0.717) is 0 Å². The van der Waals surface area contributed by atoms with Gasteiger partial charge in [0.1, 0.15) is 5.51 Å². The maximum atomic E-state index is 12.5. The zero-order chi connectivity index (χ0) is 16.8. The first kappa shape index (κ1) is 17.0. The number of carbonyl (C=O) groups excluding carboxylic acids is 1. The highest BCUT2D eigenvalue weighted by molar-refractivity contribution is 8.02. The van der Waals surface area contributed by atoms with Crippen LogP contribution in [0.15, 0.2) is 74.2 Å². The van der Waals surface area contributed by atoms with E-state index in [4.69, 9.17) is 0 Å². The monoisotopic (exact) mass is 373 g/mol. The second-order valence-electron chi connectivity index (χ2n) is 4.87. The summed E-state index contributed by atoms with van der Waals surface area (Å²) in [5, 5.41) is 10.5. The smallest absolute Gasteiger partial charge is 0.237 e. The molecule has 2 aromatic carbocycles. The van der Waals surface area contributed by atoms with Crippen molar-refractivity contribution in [1.82, 2.24) is 10.2 Å². The van der Waals surface area contributed by atoms with Gasteiger partial charge in [-0.15, -0.1) is 10.2 Å². The molecule has 1 amide bonds. The number of thioether (sulfide) groups is 1. The van der Waals surface area contributed by atoms with E-state index in [2.05, 4.69) is 27.6 Å². The van der Waals surface area contributed by atoms with Gasteiger partial charge in [0.15, 0.2) is 4.34 Å². The Hall–Kier alpha value is -1.83. The summed E-state index contributed by atoms with van der Waals surface area (Å²) in [7, 11) is 0. The zero-order valence-corrected chi connectivity index (χ0v) is 15.3. The molecule has 4 nitrogen and oxygen atoms in total. The van der Waals surface area contributed by atoms with Crippen molar-refractivity contribution in [2.75, 3.05) is 5.32 Å². The Morgan fingerprint density at radius 2 is 1.88 bits per heavy atom. The van der Waals surface area contributed by atoms with Gasteiger partial charge in [-0.1, -0.05) is 65.2 Å². The van der Waals surface area contributed by atoms with Gasteiger partial charge in [-0.2, -0.15) is 0 Å². The van der Waals surface area contributed by atoms with Crippen LogP contribution in [-0.2, 0) is 4.79 Å². The van der Waals surface area contributed by atoms with Crippen molar-refractivity contribution in [3.63, 3.8) is 0 Å². The molecule has 0 radical (unpaired) electrons. The normalized spacial score (nSPS) is 11.9. The van der Waals surface area contributed by atoms with Crippen LogP contribution < -0.4 is 5.32 Å². The number of amides is 1. The number of nitrogens with one attached hydrogen (secondary N) is 1. The maximum Gasteiger partial charge on any atom is 0.237 e. The molecular formula is C17H15N3OS3. The van der Waals surface area contributed by atoms with Gasteiger partial charge in [0.25, 0.3) is 0 Å². The van der Waals surface area contributed by atoms with Gasteiger partial charge in [-0.25, -0.2) is 0 Å². The second-order valence-corrected chi connectivity index (χ2v) is 8.40. The lowest BCUT2D eigenvalue weighted by Crippen LogP contribution is -2.22. The zero-order valence-electron chi connectivity index (χ0n) is 12.9. The maximum absolute atomic E-state index is 12.5. The number of benzene rings is 2. The molecule has 1 N–H and O–H groups in total. The second kappa shape index (κ2) is 8.32. The van der Waals surface area contributed by atoms with Gasteiger partial charge in [0, 0.05) is 9.79 Å². The highest BCUT2D eigenvalue weighted by atomic mass is 32.2. The molecule has 0 fully saturated rings. The van der Waals surface area contributed by atoms with Crippen LogP contribution >= 0.6 is 34.9 Å². The Bertz CT molecular complexity index is 794. The standard InChI is InChI=1S/C17H15N3OS3/c1-12(23-17-20-18-11-22-17)16(21)19-14-9-5-6-10-15(14)24-13-7-3-2-4-8-13/h2-12H,1H3,(H,19,21)/t12-/m1/s1. The van der Waals surface area contributed by atoms with Crippen LogP contribution in [0.25, 0.3) is 0 Å². The molecule has 1 heterocycles. The van der Waals surface area contributed by atoms with Gasteiger partial charge in [-0.3, -0.25) is 4.79 Å². The van der Waals surface area contributed by atoms with Crippen LogP contribution in [-0.4, -0.2) is 21.4 Å². The molecule has 7 heteroatoms. The Morgan fingerprint density at radius 1 is 1.12 bits per heavy atom. The molecular weight excluding hydrogens is 358 g/mol. The van der Waals surface area contributed by atoms with Crippen molar-refractivity contribution in [3.05, 3.63) is 60.1 Å². The van der Waals surface area contributed by atoms with E-state index in [9.17, 15) is 4.79 Å². The number of hydrogen-bond acceptors (Lipinski definition) is 6. The number of carbonyl (C=O) groups is 1. The first-order chi connectivity index (χ1) is 11.7. The van der Waals surface area contributed by atoms with Crippen molar-refractivity contribution >= 4 is 46.5 Å². The Morgan fingerprint density at radius 3 is 2.62 bits per heavy atom. The molecule has 0 unspecified atom stereocenters. The first-order valence-electron chi connectivity index (χ1n) is 7.28. The number of rotatable bonds is 6. The molecule has 0 aliphatic rings. The van der Waals surface area contributed by atoms with Gasteiger partial charge >= 0.3 is 0 Å². The molecule has 3 aromatic rings. The minimum absolute atomic E-state index is 0.0451. The SMILES string of the molecule is C[C@@H](Sc1nncs1)C(=O)Nc1ccccc1Sc1ccccc1. The van der Waals surface area contributed by atoms with E-state index >= 15 is 0 Å². The lowest BCUT2D eigenvalue weighted by atomic mass is 10.3. The van der Waals surface area contributed by atoms with E-state index in [1.807, 2.05) is 49.4 Å². The molecule has 0 saturated carbocycles. The summed E-state index contributed by atoms with van der Waals surface area (Å²) in [4.78, 5) is 14.6. The molecule has 1 aromatic heterocycles. The van der Waals surface area contributed by atoms with Crippen molar-refractivity contribution in [2.45, 2.75) is 26.3 Å². The highest BCUT2D eigenvalue weighted by Crippen LogP contribution is 2.34. The van der Waals surface area contributed by atoms with E-state index in [1.54, 1.807) is 17.3 Å². The first-order valence-corrected chi connectivity index (χ1v) is 9.85. The van der Waals surface area contributed by atoms with Gasteiger partial charge in [-0.05, 0) is 31.2 Å². The van der Waals surface area contributed by atoms with Crippen molar-refractivity contribution in [3.8, 4) is 0 Å². The number of nitrogens with zero attached hydrogens (tertiary/aromatic N) is 2. The Labute approximate surface area is 153 Å². The van der Waals surface area contributed by atoms with Crippen LogP contribution in [0.3, 0.4) is 0 Å². The van der Waals surface area contributed by atoms with E-state index in [0.717, 1.165) is 19.8 Å². The van der Waals surface area contributed by atoms with Crippen molar-refractivity contribution in [1.29, 1.82) is 0 Å². The number of para-hydroxylation sites is 1. The van der Waals surface area contributed by atoms with Crippen LogP contribution in [0.2, 0.25) is 0 Å². The van der Waals surface area contributed by atoms with E-state index < -0.39 is 0 Å². The van der Waals surface area contributed by atoms with Gasteiger partial charge in [0.05, 0.1) is 10.9 Å². The third-order valence-corrected chi connectivity index (χ3v) is 6.10. The molecule has 24 heavy (non-hydrogen) atoms. The summed E-state index contributed by atoms with van der Waals surface area (Å²) in [5.74, 6) is -0.0451. The number of hydrogen-bond donors (Lipinski definition) is 1. The Kier molecular flexibility index (Phi) is 5.90. The summed E-state index contributed by atoms with van der Waals surface area (Å²) < 4.78 is 0.796. The summed E-state index contributed by atoms with van der Waals surface area (Å²) in [6, 6.07) is 17.9. The molecule has 0 saturated heterocycles. The largest absolute Gasteiger partial charge is 0.324 e. The van der Waals surface area contributed by atoms with Gasteiger partial charge in [0.2, 0.25) is 5.91 Å². The average Bonchev–Trinajstić information content (AvgIpc) is 3.10. The molecule has 0 spiro atoms. The molecule has 122 valence electrons. The summed E-state index contributed by atoms with van der Waals surface area (Å²) >= 11 is 4.48. The van der Waals surface area contributed by atoms with E-state index in [-0.39, 0.29) is 11.2 Å². The third kappa shape index (κ3) is 4.59. The lowest BCUT2D eigenvalue weighted by molar-refractivity contribution is -0.115.